The lowest BCUT2D eigenvalue weighted by atomic mass is 10.1. The maximum absolute atomic E-state index is 11.3. The van der Waals surface area contributed by atoms with Crippen LogP contribution < -0.4 is 5.73 Å². The third kappa shape index (κ3) is 2.59. The van der Waals surface area contributed by atoms with E-state index in [1.165, 1.54) is 0 Å². The predicted octanol–water partition coefficient (Wildman–Crippen LogP) is -0.139. The second-order valence-electron chi connectivity index (χ2n) is 4.33. The molecule has 0 aliphatic carbocycles. The highest BCUT2D eigenvalue weighted by Gasteiger charge is 2.32. The van der Waals surface area contributed by atoms with Crippen molar-refractivity contribution in [2.75, 3.05) is 11.5 Å². The fourth-order valence-corrected chi connectivity index (χ4v) is 3.53. The first-order chi connectivity index (χ1) is 7.46. The Balaban J connectivity index is 2.08. The molecule has 1 aromatic heterocycles. The van der Waals surface area contributed by atoms with E-state index in [0.29, 0.717) is 24.6 Å². The lowest BCUT2D eigenvalue weighted by Crippen LogP contribution is -2.18. The summed E-state index contributed by atoms with van der Waals surface area (Å²) in [5.74, 6) is 1.21. The highest BCUT2D eigenvalue weighted by molar-refractivity contribution is 7.91. The Bertz CT molecular complexity index is 466. The van der Waals surface area contributed by atoms with Gasteiger partial charge in [-0.05, 0) is 13.3 Å². The van der Waals surface area contributed by atoms with Crippen LogP contribution in [0.15, 0.2) is 4.52 Å². The van der Waals surface area contributed by atoms with Gasteiger partial charge in [0.15, 0.2) is 15.7 Å². The molecule has 7 heteroatoms. The normalized spacial score (nSPS) is 25.8. The van der Waals surface area contributed by atoms with E-state index in [0.717, 1.165) is 0 Å². The van der Waals surface area contributed by atoms with E-state index in [4.69, 9.17) is 10.3 Å². The Kier molecular flexibility index (Phi) is 2.98. The maximum Gasteiger partial charge on any atom is 0.228 e. The molecule has 16 heavy (non-hydrogen) atoms. The molecule has 2 N–H and O–H groups in total. The van der Waals surface area contributed by atoms with E-state index in [1.54, 1.807) is 0 Å². The van der Waals surface area contributed by atoms with Crippen molar-refractivity contribution in [3.8, 4) is 0 Å². The van der Waals surface area contributed by atoms with Gasteiger partial charge in [0, 0.05) is 18.4 Å². The molecule has 2 heterocycles. The first-order valence-electron chi connectivity index (χ1n) is 5.25. The van der Waals surface area contributed by atoms with Crippen LogP contribution in [0.1, 0.15) is 31.0 Å². The van der Waals surface area contributed by atoms with Crippen LogP contribution in [0.3, 0.4) is 0 Å². The zero-order chi connectivity index (χ0) is 11.8. The number of nitrogens with two attached hydrogens (primary N) is 1. The monoisotopic (exact) mass is 245 g/mol. The average Bonchev–Trinajstić information content (AvgIpc) is 2.71. The van der Waals surface area contributed by atoms with Crippen LogP contribution in [0.5, 0.6) is 0 Å². The Labute approximate surface area is 94.1 Å². The van der Waals surface area contributed by atoms with Gasteiger partial charge in [0.25, 0.3) is 0 Å². The second-order valence-corrected chi connectivity index (χ2v) is 6.56. The van der Waals surface area contributed by atoms with Crippen molar-refractivity contribution in [3.63, 3.8) is 0 Å². The third-order valence-electron chi connectivity index (χ3n) is 2.58. The summed E-state index contributed by atoms with van der Waals surface area (Å²) < 4.78 is 27.6. The molecule has 1 fully saturated rings. The molecule has 6 nitrogen and oxygen atoms in total. The van der Waals surface area contributed by atoms with Crippen molar-refractivity contribution >= 4 is 9.84 Å². The van der Waals surface area contributed by atoms with Crippen LogP contribution >= 0.6 is 0 Å². The van der Waals surface area contributed by atoms with Gasteiger partial charge in [0.05, 0.1) is 11.5 Å². The Morgan fingerprint density at radius 1 is 1.62 bits per heavy atom. The van der Waals surface area contributed by atoms with E-state index in [9.17, 15) is 8.42 Å². The summed E-state index contributed by atoms with van der Waals surface area (Å²) in [6.07, 6.45) is 1.10. The fraction of sp³-hybridized carbons (Fsp3) is 0.778. The van der Waals surface area contributed by atoms with Crippen LogP contribution in [0, 0.1) is 0 Å². The van der Waals surface area contributed by atoms with Crippen molar-refractivity contribution in [1.29, 1.82) is 0 Å². The maximum atomic E-state index is 11.3. The summed E-state index contributed by atoms with van der Waals surface area (Å²) in [6.45, 7) is 1.85. The molecule has 2 unspecified atom stereocenters. The lowest BCUT2D eigenvalue weighted by Gasteiger charge is -1.99. The molecule has 2 rings (SSSR count). The molecular formula is C9H15N3O3S. The van der Waals surface area contributed by atoms with Gasteiger partial charge in [0.1, 0.15) is 0 Å². The van der Waals surface area contributed by atoms with E-state index >= 15 is 0 Å². The molecule has 1 aliphatic rings. The zero-order valence-corrected chi connectivity index (χ0v) is 9.90. The van der Waals surface area contributed by atoms with Gasteiger partial charge in [-0.15, -0.1) is 0 Å². The average molecular weight is 245 g/mol. The number of sulfone groups is 1. The van der Waals surface area contributed by atoms with Crippen LogP contribution in [0.25, 0.3) is 0 Å². The third-order valence-corrected chi connectivity index (χ3v) is 4.35. The predicted molar refractivity (Wildman–Crippen MR) is 57.7 cm³/mol. The summed E-state index contributed by atoms with van der Waals surface area (Å²) in [7, 11) is -2.90. The molecule has 0 amide bonds. The smallest absolute Gasteiger partial charge is 0.228 e. The number of rotatable bonds is 3. The number of nitrogens with zero attached hydrogens (tertiary/aromatic N) is 2. The van der Waals surface area contributed by atoms with Crippen LogP contribution in [0.4, 0.5) is 0 Å². The van der Waals surface area contributed by atoms with Crippen LogP contribution in [-0.2, 0) is 16.3 Å². The minimum Gasteiger partial charge on any atom is -0.339 e. The quantitative estimate of drug-likeness (QED) is 0.795. The highest BCUT2D eigenvalue weighted by Crippen LogP contribution is 2.26. The molecule has 0 spiro atoms. The first-order valence-corrected chi connectivity index (χ1v) is 7.07. The Hall–Kier alpha value is -0.950. The van der Waals surface area contributed by atoms with Crippen molar-refractivity contribution < 1.29 is 12.9 Å². The van der Waals surface area contributed by atoms with Gasteiger partial charge in [-0.3, -0.25) is 0 Å². The Morgan fingerprint density at radius 3 is 2.94 bits per heavy atom. The highest BCUT2D eigenvalue weighted by atomic mass is 32.2. The summed E-state index contributed by atoms with van der Waals surface area (Å²) in [6, 6.07) is -0.0411. The largest absolute Gasteiger partial charge is 0.339 e. The molecule has 2 atom stereocenters. The second kappa shape index (κ2) is 4.14. The van der Waals surface area contributed by atoms with Gasteiger partial charge < -0.3 is 10.3 Å². The lowest BCUT2D eigenvalue weighted by molar-refractivity contribution is 0.364. The van der Waals surface area contributed by atoms with E-state index < -0.39 is 9.84 Å². The van der Waals surface area contributed by atoms with Gasteiger partial charge in [-0.25, -0.2) is 8.42 Å². The molecule has 1 aromatic rings. The minimum atomic E-state index is -2.90. The minimum absolute atomic E-state index is 0.0411. The molecule has 0 radical (unpaired) electrons. The van der Waals surface area contributed by atoms with Crippen LogP contribution in [0.2, 0.25) is 0 Å². The van der Waals surface area contributed by atoms with Gasteiger partial charge in [0.2, 0.25) is 5.89 Å². The molecule has 0 bridgehead atoms. The molecule has 0 saturated carbocycles. The van der Waals surface area contributed by atoms with E-state index in [-0.39, 0.29) is 23.5 Å². The van der Waals surface area contributed by atoms with E-state index in [2.05, 4.69) is 10.1 Å². The molecule has 1 saturated heterocycles. The molecule has 90 valence electrons. The topological polar surface area (TPSA) is 99.1 Å². The standard InChI is InChI=1S/C9H15N3O3S/c1-6(10)4-8-11-9(12-15-8)7-2-3-16(13,14)5-7/h6-7H,2-5,10H2,1H3. The zero-order valence-electron chi connectivity index (χ0n) is 9.09. The number of hydrogen-bond donors (Lipinski definition) is 1. The number of hydrogen-bond acceptors (Lipinski definition) is 6. The Morgan fingerprint density at radius 2 is 2.38 bits per heavy atom. The van der Waals surface area contributed by atoms with Crippen molar-refractivity contribution in [3.05, 3.63) is 11.7 Å². The SMILES string of the molecule is CC(N)Cc1nc(C2CCS(=O)(=O)C2)no1. The molecule has 1 aliphatic heterocycles. The summed E-state index contributed by atoms with van der Waals surface area (Å²) in [5.41, 5.74) is 5.61. The van der Waals surface area contributed by atoms with Crippen molar-refractivity contribution in [2.24, 2.45) is 5.73 Å². The van der Waals surface area contributed by atoms with E-state index in [1.807, 2.05) is 6.92 Å². The van der Waals surface area contributed by atoms with Gasteiger partial charge in [-0.1, -0.05) is 5.16 Å². The van der Waals surface area contributed by atoms with Gasteiger partial charge >= 0.3 is 0 Å². The molecular weight excluding hydrogens is 230 g/mol. The summed E-state index contributed by atoms with van der Waals surface area (Å²) >= 11 is 0. The van der Waals surface area contributed by atoms with Gasteiger partial charge in [-0.2, -0.15) is 4.98 Å². The first kappa shape index (κ1) is 11.5. The molecule has 0 aromatic carbocycles. The summed E-state index contributed by atoms with van der Waals surface area (Å²) in [5, 5.41) is 3.81. The number of aromatic nitrogens is 2. The fourth-order valence-electron chi connectivity index (χ4n) is 1.79. The van der Waals surface area contributed by atoms with Crippen molar-refractivity contribution in [2.45, 2.75) is 31.7 Å². The van der Waals surface area contributed by atoms with Crippen LogP contribution in [-0.4, -0.2) is 36.1 Å². The van der Waals surface area contributed by atoms with Crippen molar-refractivity contribution in [1.82, 2.24) is 10.1 Å². The summed E-state index contributed by atoms with van der Waals surface area (Å²) in [4.78, 5) is 4.18.